The number of likely N-dealkylation sites (N-methyl/N-ethyl adjacent to an activating group) is 1. The number of amides is 1. The van der Waals surface area contributed by atoms with Crippen molar-refractivity contribution in [3.63, 3.8) is 0 Å². The summed E-state index contributed by atoms with van der Waals surface area (Å²) in [6.07, 6.45) is 0. The van der Waals surface area contributed by atoms with Gasteiger partial charge in [-0.05, 0) is 37.4 Å². The van der Waals surface area contributed by atoms with Crippen molar-refractivity contribution >= 4 is 62.3 Å². The van der Waals surface area contributed by atoms with E-state index in [0.29, 0.717) is 18.2 Å². The Balaban J connectivity index is 0.00000320. The number of nitrogens with zero attached hydrogens (tertiary/aromatic N) is 4. The lowest BCUT2D eigenvalue weighted by molar-refractivity contribution is -0.385. The van der Waals surface area contributed by atoms with Gasteiger partial charge in [0.1, 0.15) is 5.56 Å². The highest BCUT2D eigenvalue weighted by molar-refractivity contribution is 7.22. The minimum atomic E-state index is -0.565. The summed E-state index contributed by atoms with van der Waals surface area (Å²) in [5.74, 6) is -0.481. The number of benzene rings is 2. The van der Waals surface area contributed by atoms with Gasteiger partial charge in [0.15, 0.2) is 5.13 Å². The Morgan fingerprint density at radius 3 is 2.50 bits per heavy atom. The van der Waals surface area contributed by atoms with Crippen molar-refractivity contribution < 1.29 is 9.72 Å². The zero-order chi connectivity index (χ0) is 21.0. The third kappa shape index (κ3) is 5.26. The minimum Gasteiger partial charge on any atom is -0.302 e. The van der Waals surface area contributed by atoms with Gasteiger partial charge >= 0.3 is 0 Å². The fraction of sp³-hybridized carbons (Fsp3) is 0.300. The lowest BCUT2D eigenvalue weighted by Crippen LogP contribution is -2.39. The lowest BCUT2D eigenvalue weighted by atomic mass is 10.1. The Bertz CT molecular complexity index is 1010. The Hall–Kier alpha value is -2.26. The van der Waals surface area contributed by atoms with Crippen molar-refractivity contribution in [1.29, 1.82) is 0 Å². The van der Waals surface area contributed by atoms with Crippen LogP contribution in [0.3, 0.4) is 0 Å². The Labute approximate surface area is 189 Å². The second-order valence-electron chi connectivity index (χ2n) is 6.37. The molecule has 30 heavy (non-hydrogen) atoms. The first-order chi connectivity index (χ1) is 13.9. The molecule has 10 heteroatoms. The maximum absolute atomic E-state index is 13.4. The number of nitro benzene ring substituents is 1. The lowest BCUT2D eigenvalue weighted by Gasteiger charge is -2.24. The summed E-state index contributed by atoms with van der Waals surface area (Å²) >= 11 is 7.42. The SMILES string of the molecule is CCN(CC)CCN(C(=O)c1cc(Cl)ccc1[N+](=O)[O-])c1nc2ccccc2s1.Cl. The van der Waals surface area contributed by atoms with Crippen molar-refractivity contribution in [3.8, 4) is 0 Å². The van der Waals surface area contributed by atoms with Gasteiger partial charge < -0.3 is 4.90 Å². The van der Waals surface area contributed by atoms with Crippen molar-refractivity contribution in [1.82, 2.24) is 9.88 Å². The van der Waals surface area contributed by atoms with Gasteiger partial charge in [0, 0.05) is 24.2 Å². The smallest absolute Gasteiger partial charge is 0.282 e. The van der Waals surface area contributed by atoms with Crippen LogP contribution in [-0.4, -0.2) is 46.9 Å². The number of fused-ring (bicyclic) bond motifs is 1. The van der Waals surface area contributed by atoms with Crippen LogP contribution < -0.4 is 4.90 Å². The molecule has 160 valence electrons. The summed E-state index contributed by atoms with van der Waals surface area (Å²) in [4.78, 5) is 32.6. The van der Waals surface area contributed by atoms with Gasteiger partial charge in [-0.15, -0.1) is 12.4 Å². The fourth-order valence-corrected chi connectivity index (χ4v) is 4.19. The van der Waals surface area contributed by atoms with Crippen molar-refractivity contribution in [2.75, 3.05) is 31.1 Å². The number of anilines is 1. The topological polar surface area (TPSA) is 79.6 Å². The molecule has 3 rings (SSSR count). The molecule has 3 aromatic rings. The van der Waals surface area contributed by atoms with Crippen molar-refractivity contribution in [2.45, 2.75) is 13.8 Å². The fourth-order valence-electron chi connectivity index (χ4n) is 3.02. The molecule has 1 heterocycles. The number of carbonyl (C=O) groups is 1. The third-order valence-electron chi connectivity index (χ3n) is 4.68. The van der Waals surface area contributed by atoms with Gasteiger partial charge in [-0.1, -0.05) is 48.9 Å². The van der Waals surface area contributed by atoms with Crippen LogP contribution in [-0.2, 0) is 0 Å². The van der Waals surface area contributed by atoms with Gasteiger partial charge in [0.25, 0.3) is 11.6 Å². The largest absolute Gasteiger partial charge is 0.302 e. The molecular formula is C20H22Cl2N4O3S. The second-order valence-corrected chi connectivity index (χ2v) is 7.81. The molecule has 2 aromatic carbocycles. The van der Waals surface area contributed by atoms with Crippen LogP contribution in [0.5, 0.6) is 0 Å². The predicted octanol–water partition coefficient (Wildman–Crippen LogP) is 5.27. The minimum absolute atomic E-state index is 0. The number of carbonyl (C=O) groups excluding carboxylic acids is 1. The highest BCUT2D eigenvalue weighted by atomic mass is 35.5. The summed E-state index contributed by atoms with van der Waals surface area (Å²) in [7, 11) is 0. The van der Waals surface area contributed by atoms with Crippen LogP contribution in [0.4, 0.5) is 10.8 Å². The number of nitro groups is 1. The van der Waals surface area contributed by atoms with Crippen LogP contribution in [0, 0.1) is 10.1 Å². The second kappa shape index (κ2) is 10.7. The molecule has 0 fully saturated rings. The molecule has 7 nitrogen and oxygen atoms in total. The van der Waals surface area contributed by atoms with E-state index in [9.17, 15) is 14.9 Å². The predicted molar refractivity (Wildman–Crippen MR) is 124 cm³/mol. The Morgan fingerprint density at radius 1 is 1.17 bits per heavy atom. The van der Waals surface area contributed by atoms with Gasteiger partial charge in [-0.2, -0.15) is 0 Å². The zero-order valence-electron chi connectivity index (χ0n) is 16.6. The van der Waals surface area contributed by atoms with E-state index in [2.05, 4.69) is 23.7 Å². The standard InChI is InChI=1S/C20H21ClN4O3S.ClH/c1-3-23(4-2)11-12-24(20-22-16-7-5-6-8-18(16)29-20)19(26)15-13-14(21)9-10-17(15)25(27)28;/h5-10,13H,3-4,11-12H2,1-2H3;1H. The van der Waals surface area contributed by atoms with E-state index in [1.54, 1.807) is 0 Å². The summed E-state index contributed by atoms with van der Waals surface area (Å²) in [5, 5.41) is 12.2. The van der Waals surface area contributed by atoms with Crippen LogP contribution in [0.15, 0.2) is 42.5 Å². The molecule has 0 radical (unpaired) electrons. The number of halogens is 2. The molecule has 0 spiro atoms. The Morgan fingerprint density at radius 2 is 1.87 bits per heavy atom. The van der Waals surface area contributed by atoms with E-state index in [-0.39, 0.29) is 28.7 Å². The molecule has 0 atom stereocenters. The monoisotopic (exact) mass is 468 g/mol. The first-order valence-electron chi connectivity index (χ1n) is 9.28. The van der Waals surface area contributed by atoms with Crippen LogP contribution >= 0.6 is 35.3 Å². The van der Waals surface area contributed by atoms with Crippen molar-refractivity contribution in [3.05, 3.63) is 63.2 Å². The van der Waals surface area contributed by atoms with Crippen LogP contribution in [0.25, 0.3) is 10.2 Å². The van der Waals surface area contributed by atoms with Crippen LogP contribution in [0.2, 0.25) is 5.02 Å². The number of hydrogen-bond donors (Lipinski definition) is 0. The normalized spacial score (nSPS) is 10.8. The molecule has 0 bridgehead atoms. The summed E-state index contributed by atoms with van der Waals surface area (Å²) in [5.41, 5.74) is 0.475. The molecule has 1 aromatic heterocycles. The van der Waals surface area contributed by atoms with E-state index < -0.39 is 10.8 Å². The third-order valence-corrected chi connectivity index (χ3v) is 5.97. The van der Waals surface area contributed by atoms with E-state index in [4.69, 9.17) is 11.6 Å². The number of para-hydroxylation sites is 1. The maximum Gasteiger partial charge on any atom is 0.282 e. The van der Waals surface area contributed by atoms with Crippen LogP contribution in [0.1, 0.15) is 24.2 Å². The maximum atomic E-state index is 13.4. The van der Waals surface area contributed by atoms with E-state index in [1.807, 2.05) is 24.3 Å². The van der Waals surface area contributed by atoms with E-state index in [0.717, 1.165) is 23.3 Å². The average molecular weight is 469 g/mol. The number of thiazole rings is 1. The van der Waals surface area contributed by atoms with Gasteiger partial charge in [-0.25, -0.2) is 4.98 Å². The van der Waals surface area contributed by atoms with E-state index >= 15 is 0 Å². The number of aromatic nitrogens is 1. The first-order valence-corrected chi connectivity index (χ1v) is 10.5. The summed E-state index contributed by atoms with van der Waals surface area (Å²) in [6.45, 7) is 6.78. The highest BCUT2D eigenvalue weighted by Crippen LogP contribution is 2.31. The molecule has 0 aliphatic heterocycles. The van der Waals surface area contributed by atoms with Gasteiger partial charge in [0.05, 0.1) is 15.1 Å². The van der Waals surface area contributed by atoms with Crippen molar-refractivity contribution in [2.24, 2.45) is 0 Å². The quantitative estimate of drug-likeness (QED) is 0.332. The number of hydrogen-bond acceptors (Lipinski definition) is 6. The summed E-state index contributed by atoms with van der Waals surface area (Å²) < 4.78 is 0.948. The molecule has 0 N–H and O–H groups in total. The molecular weight excluding hydrogens is 447 g/mol. The molecule has 0 aliphatic carbocycles. The average Bonchev–Trinajstić information content (AvgIpc) is 3.14. The number of rotatable bonds is 8. The molecule has 1 amide bonds. The molecule has 0 saturated carbocycles. The highest BCUT2D eigenvalue weighted by Gasteiger charge is 2.28. The van der Waals surface area contributed by atoms with E-state index in [1.165, 1.54) is 34.4 Å². The molecule has 0 unspecified atom stereocenters. The van der Waals surface area contributed by atoms with Gasteiger partial charge in [0.2, 0.25) is 0 Å². The molecule has 0 saturated heterocycles. The molecule has 0 aliphatic rings. The van der Waals surface area contributed by atoms with Gasteiger partial charge in [-0.3, -0.25) is 19.8 Å². The first kappa shape index (κ1) is 24.0. The Kier molecular flexibility index (Phi) is 8.54. The summed E-state index contributed by atoms with van der Waals surface area (Å²) in [6, 6.07) is 11.6. The zero-order valence-corrected chi connectivity index (χ0v) is 19.0.